The van der Waals surface area contributed by atoms with Crippen LogP contribution in [0.2, 0.25) is 0 Å². The second-order valence-electron chi connectivity index (χ2n) is 6.61. The van der Waals surface area contributed by atoms with Gasteiger partial charge in [0.25, 0.3) is 0 Å². The molecule has 1 saturated heterocycles. The summed E-state index contributed by atoms with van der Waals surface area (Å²) in [4.78, 5) is 29.7. The summed E-state index contributed by atoms with van der Waals surface area (Å²) >= 11 is 0. The van der Waals surface area contributed by atoms with Crippen molar-refractivity contribution in [3.8, 4) is 0 Å². The molecule has 7 nitrogen and oxygen atoms in total. The van der Waals surface area contributed by atoms with Crippen molar-refractivity contribution in [1.82, 2.24) is 9.38 Å². The second kappa shape index (κ2) is 6.51. The summed E-state index contributed by atoms with van der Waals surface area (Å²) in [5.74, 6) is 0. The van der Waals surface area contributed by atoms with Crippen molar-refractivity contribution in [2.75, 3.05) is 18.1 Å². The Labute approximate surface area is 156 Å². The van der Waals surface area contributed by atoms with E-state index in [0.29, 0.717) is 30.2 Å². The molecule has 2 aromatic heterocycles. The molecule has 138 valence electrons. The molecule has 0 bridgehead atoms. The minimum atomic E-state index is -0.514. The highest BCUT2D eigenvalue weighted by atomic mass is 16.6. The largest absolute Gasteiger partial charge is 0.447 e. The van der Waals surface area contributed by atoms with Gasteiger partial charge >= 0.3 is 6.09 Å². The third-order valence-corrected chi connectivity index (χ3v) is 5.01. The Bertz CT molecular complexity index is 1060. The fourth-order valence-electron chi connectivity index (χ4n) is 3.68. The van der Waals surface area contributed by atoms with Gasteiger partial charge in [-0.2, -0.15) is 0 Å². The van der Waals surface area contributed by atoms with E-state index in [1.54, 1.807) is 22.4 Å². The van der Waals surface area contributed by atoms with E-state index < -0.39 is 6.04 Å². The number of cyclic esters (lactones) is 1. The molecule has 7 heteroatoms. The van der Waals surface area contributed by atoms with Crippen molar-refractivity contribution < 1.29 is 14.3 Å². The molecule has 3 heterocycles. The Kier molecular flexibility index (Phi) is 4.16. The second-order valence-corrected chi connectivity index (χ2v) is 6.61. The van der Waals surface area contributed by atoms with Crippen LogP contribution in [-0.2, 0) is 4.74 Å². The molecule has 0 spiro atoms. The average molecular weight is 364 g/mol. The van der Waals surface area contributed by atoms with Crippen LogP contribution < -0.4 is 10.6 Å². The Morgan fingerprint density at radius 3 is 2.78 bits per heavy atom. The van der Waals surface area contributed by atoms with E-state index in [9.17, 15) is 9.59 Å². The zero-order valence-electron chi connectivity index (χ0n) is 15.2. The first kappa shape index (κ1) is 17.2. The molecule has 1 aliphatic rings. The molecule has 4 rings (SSSR count). The molecule has 1 fully saturated rings. The van der Waals surface area contributed by atoms with E-state index in [2.05, 4.69) is 4.98 Å². The van der Waals surface area contributed by atoms with Gasteiger partial charge in [0.2, 0.25) is 0 Å². The van der Waals surface area contributed by atoms with Crippen LogP contribution in [-0.4, -0.2) is 34.9 Å². The van der Waals surface area contributed by atoms with Gasteiger partial charge in [-0.15, -0.1) is 0 Å². The number of ether oxygens (including phenoxy) is 1. The molecule has 1 aliphatic heterocycles. The van der Waals surface area contributed by atoms with E-state index in [-0.39, 0.29) is 6.09 Å². The number of aryl methyl sites for hydroxylation is 2. The Morgan fingerprint density at radius 2 is 2.07 bits per heavy atom. The topological polar surface area (TPSA) is 89.9 Å². The highest BCUT2D eigenvalue weighted by Crippen LogP contribution is 2.35. The summed E-state index contributed by atoms with van der Waals surface area (Å²) in [5.41, 5.74) is 11.8. The highest BCUT2D eigenvalue weighted by Gasteiger charge is 2.29. The minimum absolute atomic E-state index is 0.360. The average Bonchev–Trinajstić information content (AvgIpc) is 3.22. The van der Waals surface area contributed by atoms with Crippen molar-refractivity contribution in [3.05, 3.63) is 64.6 Å². The number of nitrogens with zero attached hydrogens (tertiary/aromatic N) is 3. The molecule has 1 aromatic carbocycles. The number of aldehydes is 1. The lowest BCUT2D eigenvalue weighted by atomic mass is 9.94. The fraction of sp³-hybridized carbons (Fsp3) is 0.250. The highest BCUT2D eigenvalue weighted by molar-refractivity contribution is 5.91. The third kappa shape index (κ3) is 2.67. The molecule has 1 atom stereocenters. The maximum atomic E-state index is 12.1. The van der Waals surface area contributed by atoms with Crippen molar-refractivity contribution in [3.63, 3.8) is 0 Å². The van der Waals surface area contributed by atoms with Crippen molar-refractivity contribution in [2.24, 2.45) is 5.73 Å². The lowest BCUT2D eigenvalue weighted by Crippen LogP contribution is -2.27. The van der Waals surface area contributed by atoms with Crippen LogP contribution in [0.1, 0.15) is 38.9 Å². The lowest BCUT2D eigenvalue weighted by Gasteiger charge is -2.24. The van der Waals surface area contributed by atoms with E-state index in [1.165, 1.54) is 0 Å². The number of rotatable bonds is 4. The minimum Gasteiger partial charge on any atom is -0.447 e. The van der Waals surface area contributed by atoms with Gasteiger partial charge in [0, 0.05) is 17.3 Å². The van der Waals surface area contributed by atoms with Crippen molar-refractivity contribution >= 4 is 23.7 Å². The Hall–Kier alpha value is -3.19. The number of anilines is 1. The van der Waals surface area contributed by atoms with Crippen LogP contribution in [0.15, 0.2) is 36.5 Å². The molecule has 3 aromatic rings. The molecule has 0 saturated carbocycles. The number of aromatic nitrogens is 2. The molecule has 0 radical (unpaired) electrons. The number of imidazole rings is 1. The monoisotopic (exact) mass is 364 g/mol. The Morgan fingerprint density at radius 1 is 1.26 bits per heavy atom. The third-order valence-electron chi connectivity index (χ3n) is 5.01. The summed E-state index contributed by atoms with van der Waals surface area (Å²) in [6, 6.07) is 8.98. The molecular formula is C20H20N4O3. The number of benzene rings is 1. The van der Waals surface area contributed by atoms with Gasteiger partial charge in [-0.05, 0) is 31.5 Å². The number of carbonyl (C=O) groups excluding carboxylic acids is 2. The van der Waals surface area contributed by atoms with Crippen molar-refractivity contribution in [1.29, 1.82) is 0 Å². The van der Waals surface area contributed by atoms with Crippen LogP contribution in [0.25, 0.3) is 5.65 Å². The van der Waals surface area contributed by atoms with Gasteiger partial charge in [-0.25, -0.2) is 9.78 Å². The predicted octanol–water partition coefficient (Wildman–Crippen LogP) is 2.77. The summed E-state index contributed by atoms with van der Waals surface area (Å²) < 4.78 is 6.84. The van der Waals surface area contributed by atoms with Crippen LogP contribution >= 0.6 is 0 Å². The van der Waals surface area contributed by atoms with E-state index >= 15 is 0 Å². The smallest absolute Gasteiger partial charge is 0.414 e. The number of hydrogen-bond acceptors (Lipinski definition) is 5. The molecule has 1 amide bonds. The molecule has 27 heavy (non-hydrogen) atoms. The zero-order chi connectivity index (χ0) is 19.1. The van der Waals surface area contributed by atoms with E-state index in [0.717, 1.165) is 28.7 Å². The Balaban J connectivity index is 1.89. The molecular weight excluding hydrogens is 344 g/mol. The lowest BCUT2D eigenvalue weighted by molar-refractivity contribution is 0.111. The van der Waals surface area contributed by atoms with Gasteiger partial charge in [0.1, 0.15) is 17.9 Å². The SMILES string of the molecule is Cc1cccc(N2CCOC2=O)c1C(N)c1cccn2c(C=O)c(C)nc12. The summed E-state index contributed by atoms with van der Waals surface area (Å²) in [5, 5.41) is 0. The quantitative estimate of drug-likeness (QED) is 0.719. The zero-order valence-corrected chi connectivity index (χ0v) is 15.2. The standard InChI is InChI=1S/C20H20N4O3/c1-12-5-3-7-15(24-9-10-27-20(24)26)17(12)18(21)14-6-4-8-23-16(11-25)13(2)22-19(14)23/h3-8,11,18H,9-10,21H2,1-2H3. The summed E-state index contributed by atoms with van der Waals surface area (Å²) in [7, 11) is 0. The van der Waals surface area contributed by atoms with Gasteiger partial charge < -0.3 is 10.5 Å². The van der Waals surface area contributed by atoms with Crippen LogP contribution in [0.3, 0.4) is 0 Å². The number of fused-ring (bicyclic) bond motifs is 1. The number of carbonyl (C=O) groups is 2. The first-order valence-corrected chi connectivity index (χ1v) is 8.75. The summed E-state index contributed by atoms with van der Waals surface area (Å²) in [6.07, 6.45) is 2.22. The maximum absolute atomic E-state index is 12.1. The molecule has 1 unspecified atom stereocenters. The first-order chi connectivity index (χ1) is 13.0. The van der Waals surface area contributed by atoms with Crippen LogP contribution in [0, 0.1) is 13.8 Å². The van der Waals surface area contributed by atoms with Crippen LogP contribution in [0.5, 0.6) is 0 Å². The fourth-order valence-corrected chi connectivity index (χ4v) is 3.68. The molecule has 2 N–H and O–H groups in total. The van der Waals surface area contributed by atoms with E-state index in [4.69, 9.17) is 10.5 Å². The van der Waals surface area contributed by atoms with Gasteiger partial charge in [-0.3, -0.25) is 14.1 Å². The first-order valence-electron chi connectivity index (χ1n) is 8.75. The summed E-state index contributed by atoms with van der Waals surface area (Å²) in [6.45, 7) is 4.61. The van der Waals surface area contributed by atoms with Gasteiger partial charge in [0.15, 0.2) is 6.29 Å². The number of amides is 1. The van der Waals surface area contributed by atoms with Crippen LogP contribution in [0.4, 0.5) is 10.5 Å². The molecule has 0 aliphatic carbocycles. The van der Waals surface area contributed by atoms with Gasteiger partial charge in [0.05, 0.1) is 24.0 Å². The van der Waals surface area contributed by atoms with Gasteiger partial charge in [-0.1, -0.05) is 18.2 Å². The van der Waals surface area contributed by atoms with E-state index in [1.807, 2.05) is 37.3 Å². The number of hydrogen-bond donors (Lipinski definition) is 1. The number of pyridine rings is 1. The predicted molar refractivity (Wildman–Crippen MR) is 101 cm³/mol. The maximum Gasteiger partial charge on any atom is 0.414 e. The normalized spacial score (nSPS) is 15.2. The van der Waals surface area contributed by atoms with Crippen molar-refractivity contribution in [2.45, 2.75) is 19.9 Å². The number of nitrogens with two attached hydrogens (primary N) is 1.